The minimum Gasteiger partial charge on any atom is -0.363 e. The summed E-state index contributed by atoms with van der Waals surface area (Å²) in [7, 11) is 0. The van der Waals surface area contributed by atoms with Gasteiger partial charge in [0.25, 0.3) is 0 Å². The molecule has 2 unspecified atom stereocenters. The third kappa shape index (κ3) is 3.35. The Labute approximate surface area is 163 Å². The molecule has 7 heteroatoms. The predicted octanol–water partition coefficient (Wildman–Crippen LogP) is 4.01. The van der Waals surface area contributed by atoms with Gasteiger partial charge >= 0.3 is 0 Å². The summed E-state index contributed by atoms with van der Waals surface area (Å²) in [5.74, 6) is 0.242. The number of nitrogens with one attached hydrogen (secondary N) is 1. The summed E-state index contributed by atoms with van der Waals surface area (Å²) < 4.78 is 15.2. The average molecular weight is 379 g/mol. The van der Waals surface area contributed by atoms with Gasteiger partial charge in [0.1, 0.15) is 11.6 Å². The van der Waals surface area contributed by atoms with Crippen LogP contribution in [-0.4, -0.2) is 26.5 Å². The zero-order valence-electron chi connectivity index (χ0n) is 16.1. The Morgan fingerprint density at radius 2 is 2.07 bits per heavy atom. The van der Waals surface area contributed by atoms with Crippen LogP contribution in [0, 0.1) is 12.7 Å². The van der Waals surface area contributed by atoms with Crippen LogP contribution in [-0.2, 0) is 4.79 Å². The van der Waals surface area contributed by atoms with Crippen LogP contribution in [0.25, 0.3) is 5.69 Å². The number of halogens is 1. The van der Waals surface area contributed by atoms with E-state index in [1.807, 2.05) is 41.6 Å². The molecule has 28 heavy (non-hydrogen) atoms. The molecule has 1 N–H and O–H groups in total. The molecule has 0 spiro atoms. The first-order valence-electron chi connectivity index (χ1n) is 9.25. The third-order valence-electron chi connectivity index (χ3n) is 5.06. The zero-order valence-corrected chi connectivity index (χ0v) is 16.1. The van der Waals surface area contributed by atoms with Gasteiger partial charge in [-0.05, 0) is 50.6 Å². The Morgan fingerprint density at radius 1 is 1.25 bits per heavy atom. The molecule has 4 rings (SSSR count). The second kappa shape index (κ2) is 7.07. The van der Waals surface area contributed by atoms with Gasteiger partial charge in [-0.3, -0.25) is 4.79 Å². The summed E-state index contributed by atoms with van der Waals surface area (Å²) in [5.41, 5.74) is 3.79. The first-order valence-corrected chi connectivity index (χ1v) is 9.25. The fourth-order valence-corrected chi connectivity index (χ4v) is 3.83. The smallest absolute Gasteiger partial charge is 0.224 e. The van der Waals surface area contributed by atoms with Gasteiger partial charge in [0.15, 0.2) is 0 Å². The number of hydrogen-bond donors (Lipinski definition) is 1. The number of pyridine rings is 1. The van der Waals surface area contributed by atoms with Crippen LogP contribution in [0.3, 0.4) is 0 Å². The van der Waals surface area contributed by atoms with Crippen LogP contribution in [0.2, 0.25) is 0 Å². The molecule has 6 nitrogen and oxygen atoms in total. The zero-order chi connectivity index (χ0) is 19.8. The molecule has 0 bridgehead atoms. The van der Waals surface area contributed by atoms with Crippen LogP contribution in [0.4, 0.5) is 15.9 Å². The lowest BCUT2D eigenvalue weighted by molar-refractivity contribution is -0.117. The standard InChI is InChI=1S/C21H22FN5O/c1-13-11-26(12-24-13)17-5-6-20-18(9-17)19(8-14(2)27(20)15(3)28)25-21-7-4-16(22)10-23-21/h4-7,9-12,14,19H,8H2,1-3H3,(H,23,25). The Balaban J connectivity index is 1.77. The molecule has 3 aromatic rings. The van der Waals surface area contributed by atoms with E-state index in [0.29, 0.717) is 5.82 Å². The van der Waals surface area contributed by atoms with Crippen molar-refractivity contribution in [2.24, 2.45) is 0 Å². The van der Waals surface area contributed by atoms with Gasteiger partial charge in [-0.2, -0.15) is 0 Å². The fraction of sp³-hybridized carbons (Fsp3) is 0.286. The van der Waals surface area contributed by atoms with Crippen molar-refractivity contribution < 1.29 is 9.18 Å². The molecule has 0 fully saturated rings. The van der Waals surface area contributed by atoms with Gasteiger partial charge in [0, 0.05) is 36.1 Å². The summed E-state index contributed by atoms with van der Waals surface area (Å²) >= 11 is 0. The highest BCUT2D eigenvalue weighted by atomic mass is 19.1. The first-order chi connectivity index (χ1) is 13.4. The van der Waals surface area contributed by atoms with Crippen molar-refractivity contribution in [2.75, 3.05) is 10.2 Å². The van der Waals surface area contributed by atoms with Crippen LogP contribution in [0.15, 0.2) is 49.1 Å². The molecule has 3 heterocycles. The second-order valence-corrected chi connectivity index (χ2v) is 7.20. The maximum atomic E-state index is 13.2. The third-order valence-corrected chi connectivity index (χ3v) is 5.06. The quantitative estimate of drug-likeness (QED) is 0.747. The second-order valence-electron chi connectivity index (χ2n) is 7.20. The fourth-order valence-electron chi connectivity index (χ4n) is 3.83. The summed E-state index contributed by atoms with van der Waals surface area (Å²) in [4.78, 5) is 22.5. The normalized spacial score (nSPS) is 18.6. The van der Waals surface area contributed by atoms with Crippen molar-refractivity contribution >= 4 is 17.4 Å². The number of carbonyl (C=O) groups is 1. The molecule has 0 saturated carbocycles. The summed E-state index contributed by atoms with van der Waals surface area (Å²) in [5, 5.41) is 3.40. The molecule has 2 aromatic heterocycles. The molecule has 0 radical (unpaired) electrons. The van der Waals surface area contributed by atoms with Crippen molar-refractivity contribution in [3.8, 4) is 5.69 Å². The highest BCUT2D eigenvalue weighted by Crippen LogP contribution is 2.40. The number of fused-ring (bicyclic) bond motifs is 1. The van der Waals surface area contributed by atoms with Crippen molar-refractivity contribution in [1.29, 1.82) is 0 Å². The van der Waals surface area contributed by atoms with Gasteiger partial charge in [-0.1, -0.05) is 0 Å². The van der Waals surface area contributed by atoms with Gasteiger partial charge in [0.05, 0.1) is 24.3 Å². The average Bonchev–Trinajstić information content (AvgIpc) is 3.09. The van der Waals surface area contributed by atoms with E-state index in [4.69, 9.17) is 0 Å². The number of hydrogen-bond acceptors (Lipinski definition) is 4. The van der Waals surface area contributed by atoms with Gasteiger partial charge in [-0.15, -0.1) is 0 Å². The molecule has 1 amide bonds. The molecule has 2 atom stereocenters. The minimum absolute atomic E-state index is 0.0123. The molecular weight excluding hydrogens is 357 g/mol. The van der Waals surface area contributed by atoms with Gasteiger partial charge in [0.2, 0.25) is 5.91 Å². The van der Waals surface area contributed by atoms with E-state index in [0.717, 1.165) is 29.1 Å². The summed E-state index contributed by atoms with van der Waals surface area (Å²) in [6.45, 7) is 5.56. The number of imidazole rings is 1. The lowest BCUT2D eigenvalue weighted by atomic mass is 9.91. The highest BCUT2D eigenvalue weighted by Gasteiger charge is 2.32. The maximum Gasteiger partial charge on any atom is 0.224 e. The lowest BCUT2D eigenvalue weighted by Gasteiger charge is -2.39. The molecule has 1 aromatic carbocycles. The Morgan fingerprint density at radius 3 is 2.71 bits per heavy atom. The van der Waals surface area contributed by atoms with Crippen molar-refractivity contribution in [2.45, 2.75) is 39.3 Å². The first kappa shape index (κ1) is 18.2. The molecular formula is C21H22FN5O. The van der Waals surface area contributed by atoms with E-state index in [-0.39, 0.29) is 23.8 Å². The van der Waals surface area contributed by atoms with Crippen molar-refractivity contribution in [3.05, 3.63) is 66.1 Å². The number of aromatic nitrogens is 3. The van der Waals surface area contributed by atoms with E-state index >= 15 is 0 Å². The van der Waals surface area contributed by atoms with Crippen LogP contribution in [0.1, 0.15) is 37.6 Å². The van der Waals surface area contributed by atoms with E-state index < -0.39 is 0 Å². The Bertz CT molecular complexity index is 1010. The minimum atomic E-state index is -0.372. The van der Waals surface area contributed by atoms with E-state index in [9.17, 15) is 9.18 Å². The summed E-state index contributed by atoms with van der Waals surface area (Å²) in [6, 6.07) is 9.02. The monoisotopic (exact) mass is 379 g/mol. The molecule has 144 valence electrons. The largest absolute Gasteiger partial charge is 0.363 e. The SMILES string of the molecule is CC(=O)N1c2ccc(-n3cnc(C)c3)cc2C(Nc2ccc(F)cn2)CC1C. The molecule has 1 aliphatic heterocycles. The number of nitrogens with zero attached hydrogens (tertiary/aromatic N) is 4. The van der Waals surface area contributed by atoms with E-state index in [1.165, 1.54) is 12.3 Å². The topological polar surface area (TPSA) is 63.1 Å². The van der Waals surface area contributed by atoms with E-state index in [1.54, 1.807) is 19.3 Å². The van der Waals surface area contributed by atoms with Gasteiger partial charge in [-0.25, -0.2) is 14.4 Å². The number of rotatable bonds is 3. The van der Waals surface area contributed by atoms with Crippen LogP contribution in [0.5, 0.6) is 0 Å². The number of benzene rings is 1. The number of amides is 1. The maximum absolute atomic E-state index is 13.2. The van der Waals surface area contributed by atoms with Crippen LogP contribution < -0.4 is 10.2 Å². The Kier molecular flexibility index (Phi) is 4.58. The number of anilines is 2. The highest BCUT2D eigenvalue weighted by molar-refractivity contribution is 5.94. The van der Waals surface area contributed by atoms with Crippen molar-refractivity contribution in [1.82, 2.24) is 14.5 Å². The summed E-state index contributed by atoms with van der Waals surface area (Å²) in [6.07, 6.45) is 5.65. The lowest BCUT2D eigenvalue weighted by Crippen LogP contribution is -2.43. The number of aryl methyl sites for hydroxylation is 1. The van der Waals surface area contributed by atoms with E-state index in [2.05, 4.69) is 21.4 Å². The van der Waals surface area contributed by atoms with Gasteiger partial charge < -0.3 is 14.8 Å². The molecule has 0 aliphatic carbocycles. The Hall–Kier alpha value is -3.22. The molecule has 0 saturated heterocycles. The predicted molar refractivity (Wildman–Crippen MR) is 106 cm³/mol. The van der Waals surface area contributed by atoms with Crippen LogP contribution >= 0.6 is 0 Å². The number of carbonyl (C=O) groups excluding carboxylic acids is 1. The molecule has 1 aliphatic rings. The van der Waals surface area contributed by atoms with Crippen molar-refractivity contribution in [3.63, 3.8) is 0 Å².